The lowest BCUT2D eigenvalue weighted by molar-refractivity contribution is -0.133. The Morgan fingerprint density at radius 2 is 1.92 bits per heavy atom. The fourth-order valence-corrected chi connectivity index (χ4v) is 4.20. The molecule has 1 aliphatic rings. The number of carbonyl (C=O) groups excluding carboxylic acids is 1. The molecule has 1 aromatic carbocycles. The van der Waals surface area contributed by atoms with Crippen LogP contribution in [0, 0.1) is 0 Å². The van der Waals surface area contributed by atoms with E-state index in [1.165, 1.54) is 29.7 Å². The van der Waals surface area contributed by atoms with Gasteiger partial charge in [0, 0.05) is 30.4 Å². The zero-order valence-electron chi connectivity index (χ0n) is 16.9. The lowest BCUT2D eigenvalue weighted by atomic mass is 10.1. The van der Waals surface area contributed by atoms with Crippen molar-refractivity contribution in [3.8, 4) is 0 Å². The molecule has 0 aromatic heterocycles. The van der Waals surface area contributed by atoms with E-state index < -0.39 is 0 Å². The van der Waals surface area contributed by atoms with Crippen LogP contribution in [0.3, 0.4) is 0 Å². The molecule has 4 heteroatoms. The van der Waals surface area contributed by atoms with Crippen LogP contribution in [0.25, 0.3) is 0 Å². The minimum atomic E-state index is 0.365. The zero-order valence-corrected chi connectivity index (χ0v) is 17.7. The summed E-state index contributed by atoms with van der Waals surface area (Å²) in [7, 11) is 0. The molecule has 3 nitrogen and oxygen atoms in total. The molecule has 0 spiro atoms. The summed E-state index contributed by atoms with van der Waals surface area (Å²) in [5.41, 5.74) is 1.43. The van der Waals surface area contributed by atoms with E-state index in [1.807, 2.05) is 0 Å². The second-order valence-corrected chi connectivity index (χ2v) is 8.36. The Labute approximate surface area is 164 Å². The third kappa shape index (κ3) is 6.96. The number of thioether (sulfide) groups is 1. The van der Waals surface area contributed by atoms with E-state index in [2.05, 4.69) is 54.2 Å². The third-order valence-electron chi connectivity index (χ3n) is 5.37. The van der Waals surface area contributed by atoms with Crippen LogP contribution >= 0.6 is 11.8 Å². The Morgan fingerprint density at radius 3 is 2.58 bits per heavy atom. The summed E-state index contributed by atoms with van der Waals surface area (Å²) >= 11 is 1.80. The Kier molecular flexibility index (Phi) is 9.55. The zero-order chi connectivity index (χ0) is 18.8. The van der Waals surface area contributed by atoms with Crippen LogP contribution in [0.2, 0.25) is 0 Å². The Hall–Kier alpha value is -1.00. The number of hydrogen-bond donors (Lipinski definition) is 0. The molecule has 1 saturated heterocycles. The van der Waals surface area contributed by atoms with Crippen molar-refractivity contribution in [2.45, 2.75) is 69.7 Å². The van der Waals surface area contributed by atoms with Gasteiger partial charge in [-0.25, -0.2) is 0 Å². The van der Waals surface area contributed by atoms with Crippen LogP contribution in [0.1, 0.15) is 57.9 Å². The summed E-state index contributed by atoms with van der Waals surface area (Å²) < 4.78 is 0. The molecule has 0 bridgehead atoms. The van der Waals surface area contributed by atoms with Gasteiger partial charge in [-0.3, -0.25) is 4.79 Å². The molecule has 2 rings (SSSR count). The third-order valence-corrected chi connectivity index (χ3v) is 6.11. The first-order chi connectivity index (χ1) is 12.6. The number of likely N-dealkylation sites (tertiary alicyclic amines) is 1. The van der Waals surface area contributed by atoms with Crippen molar-refractivity contribution in [1.82, 2.24) is 9.80 Å². The standard InChI is InChI=1S/C22H36N2OS/c1-4-14-23(15-7-8-17-24-16-6-5-9-22(24)25)19(2)18-20-10-12-21(26-3)13-11-20/h10-13,19H,4-9,14-18H2,1-3H3. The quantitative estimate of drug-likeness (QED) is 0.408. The molecule has 1 heterocycles. The molecule has 1 aliphatic heterocycles. The van der Waals surface area contributed by atoms with Gasteiger partial charge in [0.1, 0.15) is 0 Å². The number of amides is 1. The number of unbranched alkanes of at least 4 members (excludes halogenated alkanes) is 1. The van der Waals surface area contributed by atoms with Crippen LogP contribution in [0.15, 0.2) is 29.2 Å². The largest absolute Gasteiger partial charge is 0.343 e. The summed E-state index contributed by atoms with van der Waals surface area (Å²) in [4.78, 5) is 17.9. The first-order valence-corrected chi connectivity index (χ1v) is 11.5. The number of nitrogens with zero attached hydrogens (tertiary/aromatic N) is 2. The van der Waals surface area contributed by atoms with Gasteiger partial charge in [-0.1, -0.05) is 19.1 Å². The van der Waals surface area contributed by atoms with Gasteiger partial charge in [0.25, 0.3) is 0 Å². The van der Waals surface area contributed by atoms with E-state index in [0.29, 0.717) is 11.9 Å². The van der Waals surface area contributed by atoms with Gasteiger partial charge >= 0.3 is 0 Å². The molecular weight excluding hydrogens is 340 g/mol. The van der Waals surface area contributed by atoms with E-state index in [0.717, 1.165) is 51.9 Å². The Morgan fingerprint density at radius 1 is 1.15 bits per heavy atom. The summed E-state index contributed by atoms with van der Waals surface area (Å²) in [6.07, 6.45) is 9.75. The van der Waals surface area contributed by atoms with Crippen LogP contribution in [0.5, 0.6) is 0 Å². The summed E-state index contributed by atoms with van der Waals surface area (Å²) in [6.45, 7) is 8.83. The summed E-state index contributed by atoms with van der Waals surface area (Å²) in [5.74, 6) is 0.365. The van der Waals surface area contributed by atoms with E-state index in [9.17, 15) is 4.79 Å². The van der Waals surface area contributed by atoms with Gasteiger partial charge in [0.05, 0.1) is 0 Å². The highest BCUT2D eigenvalue weighted by atomic mass is 32.2. The number of carbonyl (C=O) groups is 1. The van der Waals surface area contributed by atoms with Crippen LogP contribution in [-0.4, -0.2) is 54.2 Å². The highest BCUT2D eigenvalue weighted by Crippen LogP contribution is 2.17. The van der Waals surface area contributed by atoms with Crippen molar-refractivity contribution in [3.63, 3.8) is 0 Å². The van der Waals surface area contributed by atoms with Gasteiger partial charge in [-0.2, -0.15) is 0 Å². The molecule has 0 N–H and O–H groups in total. The first kappa shape index (κ1) is 21.3. The van der Waals surface area contributed by atoms with Crippen molar-refractivity contribution in [2.75, 3.05) is 32.4 Å². The molecule has 0 aliphatic carbocycles. The molecule has 26 heavy (non-hydrogen) atoms. The predicted octanol–water partition coefficient (Wildman–Crippen LogP) is 4.84. The van der Waals surface area contributed by atoms with Crippen molar-refractivity contribution in [1.29, 1.82) is 0 Å². The van der Waals surface area contributed by atoms with Crippen LogP contribution in [0.4, 0.5) is 0 Å². The predicted molar refractivity (Wildman–Crippen MR) is 113 cm³/mol. The Bertz CT molecular complexity index is 531. The molecule has 1 atom stereocenters. The van der Waals surface area contributed by atoms with Crippen molar-refractivity contribution >= 4 is 17.7 Å². The smallest absolute Gasteiger partial charge is 0.222 e. The lowest BCUT2D eigenvalue weighted by Crippen LogP contribution is -2.38. The average Bonchev–Trinajstić information content (AvgIpc) is 2.66. The molecule has 1 amide bonds. The van der Waals surface area contributed by atoms with Gasteiger partial charge in [0.2, 0.25) is 5.91 Å². The van der Waals surface area contributed by atoms with Gasteiger partial charge < -0.3 is 9.80 Å². The monoisotopic (exact) mass is 376 g/mol. The van der Waals surface area contributed by atoms with Crippen LogP contribution in [-0.2, 0) is 11.2 Å². The molecule has 0 radical (unpaired) electrons. The molecular formula is C22H36N2OS. The maximum absolute atomic E-state index is 11.9. The van der Waals surface area contributed by atoms with Crippen molar-refractivity contribution < 1.29 is 4.79 Å². The normalized spacial score (nSPS) is 16.3. The number of piperidine rings is 1. The fourth-order valence-electron chi connectivity index (χ4n) is 3.79. The summed E-state index contributed by atoms with van der Waals surface area (Å²) in [6, 6.07) is 9.56. The number of hydrogen-bond acceptors (Lipinski definition) is 3. The topological polar surface area (TPSA) is 23.6 Å². The second-order valence-electron chi connectivity index (χ2n) is 7.48. The van der Waals surface area contributed by atoms with Crippen molar-refractivity contribution in [2.24, 2.45) is 0 Å². The summed E-state index contributed by atoms with van der Waals surface area (Å²) in [5, 5.41) is 0. The Balaban J connectivity index is 1.75. The van der Waals surface area contributed by atoms with Gasteiger partial charge in [-0.05, 0) is 82.5 Å². The van der Waals surface area contributed by atoms with Gasteiger partial charge in [0.15, 0.2) is 0 Å². The van der Waals surface area contributed by atoms with Gasteiger partial charge in [-0.15, -0.1) is 11.8 Å². The maximum Gasteiger partial charge on any atom is 0.222 e. The van der Waals surface area contributed by atoms with E-state index in [4.69, 9.17) is 0 Å². The molecule has 1 aromatic rings. The van der Waals surface area contributed by atoms with E-state index >= 15 is 0 Å². The number of rotatable bonds is 11. The second kappa shape index (κ2) is 11.7. The van der Waals surface area contributed by atoms with E-state index in [-0.39, 0.29) is 0 Å². The molecule has 146 valence electrons. The van der Waals surface area contributed by atoms with Crippen molar-refractivity contribution in [3.05, 3.63) is 29.8 Å². The first-order valence-electron chi connectivity index (χ1n) is 10.3. The minimum absolute atomic E-state index is 0.365. The van der Waals surface area contributed by atoms with Crippen LogP contribution < -0.4 is 0 Å². The highest BCUT2D eigenvalue weighted by Gasteiger charge is 2.18. The molecule has 1 fully saturated rings. The fraction of sp³-hybridized carbons (Fsp3) is 0.682. The average molecular weight is 377 g/mol. The minimum Gasteiger partial charge on any atom is -0.343 e. The lowest BCUT2D eigenvalue weighted by Gasteiger charge is -2.30. The SMILES string of the molecule is CCCN(CCCCN1CCCCC1=O)C(C)Cc1ccc(SC)cc1. The molecule has 0 saturated carbocycles. The molecule has 1 unspecified atom stereocenters. The maximum atomic E-state index is 11.9. The highest BCUT2D eigenvalue weighted by molar-refractivity contribution is 7.98. The number of benzene rings is 1. The van der Waals surface area contributed by atoms with E-state index in [1.54, 1.807) is 11.8 Å².